The lowest BCUT2D eigenvalue weighted by molar-refractivity contribution is 0.252. The van der Waals surface area contributed by atoms with Gasteiger partial charge in [-0.2, -0.15) is 0 Å². The molecule has 6 rings (SSSR count). The molecule has 0 atom stereocenters. The molecule has 0 fully saturated rings. The van der Waals surface area contributed by atoms with E-state index in [9.17, 15) is 17.9 Å². The third-order valence-corrected chi connectivity index (χ3v) is 9.14. The van der Waals surface area contributed by atoms with Crippen molar-refractivity contribution in [2.45, 2.75) is 31.7 Å². The summed E-state index contributed by atoms with van der Waals surface area (Å²) in [5.74, 6) is -0.185. The molecule has 2 heterocycles. The van der Waals surface area contributed by atoms with Gasteiger partial charge >= 0.3 is 0 Å². The van der Waals surface area contributed by atoms with Crippen LogP contribution in [0.3, 0.4) is 0 Å². The summed E-state index contributed by atoms with van der Waals surface area (Å²) in [6, 6.07) is 28.9. The van der Waals surface area contributed by atoms with Gasteiger partial charge in [0.2, 0.25) is 15.9 Å². The van der Waals surface area contributed by atoms with Crippen LogP contribution in [-0.4, -0.2) is 28.3 Å². The van der Waals surface area contributed by atoms with Crippen LogP contribution < -0.4 is 9.46 Å². The van der Waals surface area contributed by atoms with Crippen LogP contribution >= 0.6 is 0 Å². The maximum atomic E-state index is 13.6. The SMILES string of the molecule is CC(C)S(=O)(=O)Nc1c2cccnc2c(OC(c2ccccc2)c2ccccc2)c2c(O)n(Cc3ccc(F)cc3)cc12. The minimum atomic E-state index is -3.77. The highest BCUT2D eigenvalue weighted by molar-refractivity contribution is 7.93. The van der Waals surface area contributed by atoms with Crippen molar-refractivity contribution in [3.05, 3.63) is 132 Å². The van der Waals surface area contributed by atoms with E-state index in [2.05, 4.69) is 9.71 Å². The van der Waals surface area contributed by atoms with Crippen molar-refractivity contribution in [1.82, 2.24) is 9.55 Å². The van der Waals surface area contributed by atoms with E-state index in [4.69, 9.17) is 4.74 Å². The van der Waals surface area contributed by atoms with Crippen LogP contribution in [-0.2, 0) is 16.6 Å². The Bertz CT molecular complexity index is 1970. The Morgan fingerprint density at radius 2 is 1.51 bits per heavy atom. The zero-order valence-electron chi connectivity index (χ0n) is 23.6. The zero-order valence-corrected chi connectivity index (χ0v) is 24.4. The van der Waals surface area contributed by atoms with Crippen molar-refractivity contribution in [2.24, 2.45) is 0 Å². The minimum Gasteiger partial charge on any atom is -0.494 e. The number of pyridine rings is 1. The Morgan fingerprint density at radius 1 is 0.884 bits per heavy atom. The van der Waals surface area contributed by atoms with Crippen molar-refractivity contribution in [3.63, 3.8) is 0 Å². The Labute approximate surface area is 249 Å². The molecular formula is C34H30FN3O4S. The summed E-state index contributed by atoms with van der Waals surface area (Å²) in [5.41, 5.74) is 3.21. The second kappa shape index (κ2) is 11.4. The first-order valence-corrected chi connectivity index (χ1v) is 15.4. The van der Waals surface area contributed by atoms with Gasteiger partial charge in [-0.05, 0) is 54.8 Å². The van der Waals surface area contributed by atoms with Gasteiger partial charge in [0, 0.05) is 23.2 Å². The topological polar surface area (TPSA) is 93.5 Å². The fraction of sp³-hybridized carbons (Fsp3) is 0.147. The van der Waals surface area contributed by atoms with Crippen LogP contribution in [0.5, 0.6) is 11.6 Å². The lowest BCUT2D eigenvalue weighted by Crippen LogP contribution is -2.22. The first-order chi connectivity index (χ1) is 20.7. The number of aromatic hydroxyl groups is 1. The van der Waals surface area contributed by atoms with Crippen LogP contribution in [0.15, 0.2) is 109 Å². The number of sulfonamides is 1. The molecule has 0 aliphatic heterocycles. The van der Waals surface area contributed by atoms with Crippen molar-refractivity contribution in [2.75, 3.05) is 4.72 Å². The third-order valence-electron chi connectivity index (χ3n) is 7.41. The van der Waals surface area contributed by atoms with E-state index in [1.54, 1.807) is 55.1 Å². The highest BCUT2D eigenvalue weighted by atomic mass is 32.2. The minimum absolute atomic E-state index is 0.133. The molecular weight excluding hydrogens is 565 g/mol. The number of halogens is 1. The maximum Gasteiger partial charge on any atom is 0.235 e. The summed E-state index contributed by atoms with van der Waals surface area (Å²) in [5, 5.41) is 12.3. The summed E-state index contributed by atoms with van der Waals surface area (Å²) in [4.78, 5) is 4.63. The normalized spacial score (nSPS) is 11.9. The largest absolute Gasteiger partial charge is 0.494 e. The monoisotopic (exact) mass is 595 g/mol. The summed E-state index contributed by atoms with van der Waals surface area (Å²) in [6.07, 6.45) is 2.73. The molecule has 6 aromatic rings. The van der Waals surface area contributed by atoms with Crippen LogP contribution in [0.4, 0.5) is 10.1 Å². The summed E-state index contributed by atoms with van der Waals surface area (Å²) in [7, 11) is -3.77. The van der Waals surface area contributed by atoms with Gasteiger partial charge in [-0.1, -0.05) is 72.8 Å². The first-order valence-electron chi connectivity index (χ1n) is 13.9. The fourth-order valence-electron chi connectivity index (χ4n) is 5.10. The lowest BCUT2D eigenvalue weighted by Gasteiger charge is -2.23. The maximum absolute atomic E-state index is 13.6. The van der Waals surface area contributed by atoms with Crippen LogP contribution in [0.2, 0.25) is 0 Å². The van der Waals surface area contributed by atoms with Gasteiger partial charge in [0.15, 0.2) is 5.75 Å². The smallest absolute Gasteiger partial charge is 0.235 e. The molecule has 0 saturated carbocycles. The second-order valence-electron chi connectivity index (χ2n) is 10.6. The molecule has 43 heavy (non-hydrogen) atoms. The number of benzene rings is 4. The van der Waals surface area contributed by atoms with E-state index in [-0.39, 0.29) is 18.2 Å². The molecule has 0 aliphatic carbocycles. The second-order valence-corrected chi connectivity index (χ2v) is 12.9. The number of hydrogen-bond acceptors (Lipinski definition) is 5. The lowest BCUT2D eigenvalue weighted by atomic mass is 10.0. The number of aromatic nitrogens is 2. The summed E-state index contributed by atoms with van der Waals surface area (Å²) >= 11 is 0. The highest BCUT2D eigenvalue weighted by Crippen LogP contribution is 2.47. The molecule has 0 saturated heterocycles. The molecule has 0 bridgehead atoms. The van der Waals surface area contributed by atoms with Crippen LogP contribution in [0.1, 0.15) is 36.6 Å². The molecule has 218 valence electrons. The van der Waals surface area contributed by atoms with E-state index in [0.717, 1.165) is 16.7 Å². The molecule has 0 spiro atoms. The molecule has 2 aromatic heterocycles. The quantitative estimate of drug-likeness (QED) is 0.182. The molecule has 0 radical (unpaired) electrons. The predicted octanol–water partition coefficient (Wildman–Crippen LogP) is 7.40. The molecule has 7 nitrogen and oxygen atoms in total. The number of fused-ring (bicyclic) bond motifs is 2. The van der Waals surface area contributed by atoms with Crippen molar-refractivity contribution >= 4 is 37.4 Å². The fourth-order valence-corrected chi connectivity index (χ4v) is 5.84. The number of ether oxygens (including phenoxy) is 1. The van der Waals surface area contributed by atoms with E-state index < -0.39 is 21.4 Å². The van der Waals surface area contributed by atoms with Crippen molar-refractivity contribution in [1.29, 1.82) is 0 Å². The summed E-state index contributed by atoms with van der Waals surface area (Å²) in [6.45, 7) is 3.40. The number of hydrogen-bond donors (Lipinski definition) is 2. The molecule has 0 aliphatic rings. The number of nitrogens with zero attached hydrogens (tertiary/aromatic N) is 2. The molecule has 0 amide bonds. The number of rotatable bonds is 9. The molecule has 2 N–H and O–H groups in total. The van der Waals surface area contributed by atoms with Gasteiger partial charge in [-0.25, -0.2) is 12.8 Å². The third kappa shape index (κ3) is 5.51. The zero-order chi connectivity index (χ0) is 30.1. The summed E-state index contributed by atoms with van der Waals surface area (Å²) < 4.78 is 51.2. The Kier molecular flexibility index (Phi) is 7.50. The predicted molar refractivity (Wildman–Crippen MR) is 167 cm³/mol. The standard InChI is InChI=1S/C34H30FN3O4S/c1-22(2)43(40,41)37-30-27-14-9-19-36-31(27)33(42-32(24-10-5-3-6-11-24)25-12-7-4-8-13-25)29-28(30)21-38(34(29)39)20-23-15-17-26(35)18-16-23/h3-19,21-22,32,37,39H,20H2,1-2H3. The first kappa shape index (κ1) is 28.2. The van der Waals surface area contributed by atoms with Crippen molar-refractivity contribution in [3.8, 4) is 11.6 Å². The van der Waals surface area contributed by atoms with Gasteiger partial charge < -0.3 is 14.4 Å². The van der Waals surface area contributed by atoms with Gasteiger partial charge in [0.05, 0.1) is 22.9 Å². The van der Waals surface area contributed by atoms with Crippen LogP contribution in [0, 0.1) is 5.82 Å². The Hall–Kier alpha value is -4.89. The van der Waals surface area contributed by atoms with Crippen molar-refractivity contribution < 1.29 is 22.7 Å². The van der Waals surface area contributed by atoms with Gasteiger partial charge in [-0.3, -0.25) is 9.71 Å². The van der Waals surface area contributed by atoms with Crippen LogP contribution in [0.25, 0.3) is 21.7 Å². The Balaban J connectivity index is 1.62. The average Bonchev–Trinajstić information content (AvgIpc) is 3.34. The Morgan fingerprint density at radius 3 is 2.12 bits per heavy atom. The number of nitrogens with one attached hydrogen (secondary N) is 1. The van der Waals surface area contributed by atoms with Gasteiger partial charge in [0.1, 0.15) is 17.4 Å². The van der Waals surface area contributed by atoms with E-state index in [0.29, 0.717) is 33.1 Å². The number of anilines is 1. The molecule has 9 heteroatoms. The highest BCUT2D eigenvalue weighted by Gasteiger charge is 2.28. The molecule has 4 aromatic carbocycles. The van der Waals surface area contributed by atoms with Gasteiger partial charge in [0.25, 0.3) is 0 Å². The molecule has 0 unspecified atom stereocenters. The van der Waals surface area contributed by atoms with Gasteiger partial charge in [-0.15, -0.1) is 0 Å². The van der Waals surface area contributed by atoms with E-state index in [1.807, 2.05) is 60.7 Å². The van der Waals surface area contributed by atoms with E-state index >= 15 is 0 Å². The average molecular weight is 596 g/mol. The van der Waals surface area contributed by atoms with E-state index in [1.165, 1.54) is 12.1 Å².